The van der Waals surface area contributed by atoms with Gasteiger partial charge in [0.05, 0.1) is 29.2 Å². The monoisotopic (exact) mass is 305 g/mol. The number of rotatable bonds is 3. The van der Waals surface area contributed by atoms with E-state index in [1.807, 2.05) is 41.9 Å². The lowest BCUT2D eigenvalue weighted by Gasteiger charge is -2.07. The highest BCUT2D eigenvalue weighted by Gasteiger charge is 2.08. The van der Waals surface area contributed by atoms with Crippen LogP contribution in [0.1, 0.15) is 11.4 Å². The van der Waals surface area contributed by atoms with E-state index in [4.69, 9.17) is 5.26 Å². The average molecular weight is 305 g/mol. The molecule has 0 saturated heterocycles. The first-order chi connectivity index (χ1) is 11.2. The first-order valence-electron chi connectivity index (χ1n) is 7.13. The Bertz CT molecular complexity index is 889. The SMILES string of the molecule is Cn1c(CNC(=O)Nc2ccc(C#N)cc2)nc2ccccc21. The normalized spacial score (nSPS) is 10.3. The van der Waals surface area contributed by atoms with Crippen molar-refractivity contribution in [2.24, 2.45) is 7.05 Å². The van der Waals surface area contributed by atoms with Gasteiger partial charge in [-0.05, 0) is 36.4 Å². The van der Waals surface area contributed by atoms with Gasteiger partial charge in [-0.2, -0.15) is 5.26 Å². The lowest BCUT2D eigenvalue weighted by molar-refractivity contribution is 0.251. The van der Waals surface area contributed by atoms with Gasteiger partial charge >= 0.3 is 6.03 Å². The van der Waals surface area contributed by atoms with Crippen molar-refractivity contribution in [2.75, 3.05) is 5.32 Å². The number of aromatic nitrogens is 2. The van der Waals surface area contributed by atoms with Gasteiger partial charge in [0.1, 0.15) is 5.82 Å². The highest BCUT2D eigenvalue weighted by atomic mass is 16.2. The number of urea groups is 1. The van der Waals surface area contributed by atoms with Gasteiger partial charge in [-0.3, -0.25) is 0 Å². The molecule has 3 aromatic rings. The maximum Gasteiger partial charge on any atom is 0.319 e. The zero-order chi connectivity index (χ0) is 16.2. The van der Waals surface area contributed by atoms with Gasteiger partial charge in [0.2, 0.25) is 0 Å². The number of imidazole rings is 1. The summed E-state index contributed by atoms with van der Waals surface area (Å²) < 4.78 is 1.96. The molecule has 3 rings (SSSR count). The molecule has 2 amide bonds. The number of nitrogens with zero attached hydrogens (tertiary/aromatic N) is 3. The number of carbonyl (C=O) groups excluding carboxylic acids is 1. The van der Waals surface area contributed by atoms with Crippen molar-refractivity contribution in [1.82, 2.24) is 14.9 Å². The Balaban J connectivity index is 1.63. The molecule has 6 heteroatoms. The summed E-state index contributed by atoms with van der Waals surface area (Å²) >= 11 is 0. The van der Waals surface area contributed by atoms with Crippen LogP contribution >= 0.6 is 0 Å². The molecule has 0 unspecified atom stereocenters. The van der Waals surface area contributed by atoms with Crippen LogP contribution in [0.5, 0.6) is 0 Å². The van der Waals surface area contributed by atoms with E-state index in [0.717, 1.165) is 16.9 Å². The number of fused-ring (bicyclic) bond motifs is 1. The summed E-state index contributed by atoms with van der Waals surface area (Å²) in [4.78, 5) is 16.4. The third-order valence-corrected chi connectivity index (χ3v) is 3.56. The van der Waals surface area contributed by atoms with Gasteiger partial charge in [-0.1, -0.05) is 12.1 Å². The Morgan fingerprint density at radius 3 is 2.65 bits per heavy atom. The van der Waals surface area contributed by atoms with E-state index in [-0.39, 0.29) is 6.03 Å². The zero-order valence-corrected chi connectivity index (χ0v) is 12.6. The van der Waals surface area contributed by atoms with Crippen molar-refractivity contribution in [3.8, 4) is 6.07 Å². The molecule has 0 aliphatic rings. The first-order valence-corrected chi connectivity index (χ1v) is 7.13. The molecule has 114 valence electrons. The van der Waals surface area contributed by atoms with Crippen molar-refractivity contribution in [1.29, 1.82) is 5.26 Å². The third-order valence-electron chi connectivity index (χ3n) is 3.56. The second kappa shape index (κ2) is 6.20. The quantitative estimate of drug-likeness (QED) is 0.780. The predicted molar refractivity (Wildman–Crippen MR) is 87.7 cm³/mol. The van der Waals surface area contributed by atoms with E-state index < -0.39 is 0 Å². The van der Waals surface area contributed by atoms with Crippen molar-refractivity contribution < 1.29 is 4.79 Å². The average Bonchev–Trinajstić information content (AvgIpc) is 2.90. The number of hydrogen-bond donors (Lipinski definition) is 2. The highest BCUT2D eigenvalue weighted by molar-refractivity contribution is 5.89. The number of aryl methyl sites for hydroxylation is 1. The molecule has 1 aromatic heterocycles. The molecule has 2 N–H and O–H groups in total. The maximum absolute atomic E-state index is 11.9. The number of benzene rings is 2. The van der Waals surface area contributed by atoms with E-state index >= 15 is 0 Å². The summed E-state index contributed by atoms with van der Waals surface area (Å²) in [6, 6.07) is 16.2. The molecule has 0 saturated carbocycles. The molecule has 23 heavy (non-hydrogen) atoms. The van der Waals surface area contributed by atoms with Crippen LogP contribution in [-0.4, -0.2) is 15.6 Å². The fourth-order valence-corrected chi connectivity index (χ4v) is 2.32. The van der Waals surface area contributed by atoms with Crippen LogP contribution in [0.2, 0.25) is 0 Å². The van der Waals surface area contributed by atoms with Gasteiger partial charge in [-0.15, -0.1) is 0 Å². The van der Waals surface area contributed by atoms with E-state index in [1.54, 1.807) is 24.3 Å². The number of carbonyl (C=O) groups is 1. The van der Waals surface area contributed by atoms with Crippen LogP contribution < -0.4 is 10.6 Å². The second-order valence-corrected chi connectivity index (χ2v) is 5.07. The minimum absolute atomic E-state index is 0.318. The van der Waals surface area contributed by atoms with Crippen LogP contribution in [0.3, 0.4) is 0 Å². The minimum Gasteiger partial charge on any atom is -0.331 e. The molecule has 0 radical (unpaired) electrons. The maximum atomic E-state index is 11.9. The Hall–Kier alpha value is -3.33. The number of anilines is 1. The van der Waals surface area contributed by atoms with Crippen molar-refractivity contribution >= 4 is 22.8 Å². The van der Waals surface area contributed by atoms with E-state index in [9.17, 15) is 4.79 Å². The molecule has 2 aromatic carbocycles. The van der Waals surface area contributed by atoms with Crippen LogP contribution in [-0.2, 0) is 13.6 Å². The predicted octanol–water partition coefficient (Wildman–Crippen LogP) is 2.77. The molecule has 0 atom stereocenters. The summed E-state index contributed by atoms with van der Waals surface area (Å²) in [5.74, 6) is 0.779. The Morgan fingerprint density at radius 2 is 1.96 bits per heavy atom. The second-order valence-electron chi connectivity index (χ2n) is 5.07. The lowest BCUT2D eigenvalue weighted by Crippen LogP contribution is -2.29. The fourth-order valence-electron chi connectivity index (χ4n) is 2.32. The number of para-hydroxylation sites is 2. The minimum atomic E-state index is -0.318. The fraction of sp³-hybridized carbons (Fsp3) is 0.118. The highest BCUT2D eigenvalue weighted by Crippen LogP contribution is 2.14. The molecular formula is C17H15N5O. The zero-order valence-electron chi connectivity index (χ0n) is 12.6. The topological polar surface area (TPSA) is 82.7 Å². The van der Waals surface area contributed by atoms with Gasteiger partial charge in [0.25, 0.3) is 0 Å². The van der Waals surface area contributed by atoms with Crippen LogP contribution in [0, 0.1) is 11.3 Å². The van der Waals surface area contributed by atoms with Crippen LogP contribution in [0.25, 0.3) is 11.0 Å². The number of hydrogen-bond acceptors (Lipinski definition) is 3. The largest absolute Gasteiger partial charge is 0.331 e. The molecule has 0 spiro atoms. The van der Waals surface area contributed by atoms with E-state index in [1.165, 1.54) is 0 Å². The van der Waals surface area contributed by atoms with Crippen LogP contribution in [0.15, 0.2) is 48.5 Å². The number of nitriles is 1. The van der Waals surface area contributed by atoms with E-state index in [2.05, 4.69) is 15.6 Å². The summed E-state index contributed by atoms with van der Waals surface area (Å²) in [5, 5.41) is 14.2. The Kier molecular flexibility index (Phi) is 3.93. The van der Waals surface area contributed by atoms with Crippen molar-refractivity contribution in [2.45, 2.75) is 6.54 Å². The summed E-state index contributed by atoms with van der Waals surface area (Å²) in [7, 11) is 1.92. The first kappa shape index (κ1) is 14.6. The lowest BCUT2D eigenvalue weighted by atomic mass is 10.2. The summed E-state index contributed by atoms with van der Waals surface area (Å²) in [6.45, 7) is 0.327. The number of amides is 2. The molecule has 0 aliphatic heterocycles. The molecule has 0 fully saturated rings. The third kappa shape index (κ3) is 3.14. The molecule has 0 bridgehead atoms. The molecular weight excluding hydrogens is 290 g/mol. The standard InChI is InChI=1S/C17H15N5O/c1-22-15-5-3-2-4-14(15)21-16(22)11-19-17(23)20-13-8-6-12(10-18)7-9-13/h2-9H,11H2,1H3,(H2,19,20,23). The molecule has 1 heterocycles. The molecule has 0 aliphatic carbocycles. The van der Waals surface area contributed by atoms with Gasteiger partial charge in [0.15, 0.2) is 0 Å². The Labute approximate surface area is 133 Å². The van der Waals surface area contributed by atoms with Gasteiger partial charge in [0, 0.05) is 12.7 Å². The van der Waals surface area contributed by atoms with Gasteiger partial charge in [-0.25, -0.2) is 9.78 Å². The van der Waals surface area contributed by atoms with E-state index in [0.29, 0.717) is 17.8 Å². The number of nitrogens with one attached hydrogen (secondary N) is 2. The Morgan fingerprint density at radius 1 is 1.22 bits per heavy atom. The summed E-state index contributed by atoms with van der Waals surface area (Å²) in [6.07, 6.45) is 0. The van der Waals surface area contributed by atoms with Crippen molar-refractivity contribution in [3.05, 3.63) is 59.9 Å². The van der Waals surface area contributed by atoms with Crippen LogP contribution in [0.4, 0.5) is 10.5 Å². The van der Waals surface area contributed by atoms with Crippen molar-refractivity contribution in [3.63, 3.8) is 0 Å². The molecule has 6 nitrogen and oxygen atoms in total. The smallest absolute Gasteiger partial charge is 0.319 e. The van der Waals surface area contributed by atoms with Gasteiger partial charge < -0.3 is 15.2 Å². The summed E-state index contributed by atoms with van der Waals surface area (Å²) in [5.41, 5.74) is 3.11.